The van der Waals surface area contributed by atoms with E-state index in [1.165, 1.54) is 20.3 Å². The number of ether oxygens (including phenoxy) is 2. The van der Waals surface area contributed by atoms with Gasteiger partial charge in [-0.15, -0.1) is 6.58 Å². The number of halogens is 1. The van der Waals surface area contributed by atoms with Gasteiger partial charge in [0, 0.05) is 29.8 Å². The Morgan fingerprint density at radius 3 is 2.22 bits per heavy atom. The average Bonchev–Trinajstić information content (AvgIpc) is 4.01. The van der Waals surface area contributed by atoms with Gasteiger partial charge in [-0.25, -0.2) is 23.9 Å². The lowest BCUT2D eigenvalue weighted by molar-refractivity contribution is -0.135. The van der Waals surface area contributed by atoms with Crippen LogP contribution in [-0.4, -0.2) is 93.1 Å². The maximum atomic E-state index is 15.5. The van der Waals surface area contributed by atoms with Crippen molar-refractivity contribution in [3.63, 3.8) is 0 Å². The molecule has 0 aliphatic carbocycles. The van der Waals surface area contributed by atoms with Crippen molar-refractivity contribution in [1.82, 2.24) is 40.4 Å². The second-order valence-corrected chi connectivity index (χ2v) is 13.9. The number of imidazole rings is 2. The van der Waals surface area contributed by atoms with Crippen LogP contribution >= 0.6 is 0 Å². The molecule has 4 unspecified atom stereocenters. The van der Waals surface area contributed by atoms with Crippen molar-refractivity contribution in [1.29, 1.82) is 0 Å². The van der Waals surface area contributed by atoms with Crippen molar-refractivity contribution >= 4 is 35.0 Å². The first-order chi connectivity index (χ1) is 26.5. The lowest BCUT2D eigenvalue weighted by Gasteiger charge is -2.29. The van der Waals surface area contributed by atoms with Crippen LogP contribution < -0.4 is 10.6 Å². The number of methoxy groups -OCH3 is 2. The van der Waals surface area contributed by atoms with Gasteiger partial charge in [0.1, 0.15) is 29.5 Å². The summed E-state index contributed by atoms with van der Waals surface area (Å²) in [5, 5.41) is 5.24. The SMILES string of the molecule is C=CCC(NC(=O)OC)C(=O)N1CCCC1c1ncc(-c2ccc(C#Cc3ccc4nc(C5CCCN5C(=O)C(NC(=O)OC)C(C)C)[nH]c4c3)cc2F)[nH]1. The molecule has 288 valence electrons. The molecule has 4 amide bonds. The van der Waals surface area contributed by atoms with E-state index in [0.29, 0.717) is 53.5 Å². The molecule has 0 spiro atoms. The zero-order valence-corrected chi connectivity index (χ0v) is 31.3. The van der Waals surface area contributed by atoms with E-state index in [1.807, 2.05) is 32.0 Å². The van der Waals surface area contributed by atoms with Gasteiger partial charge in [-0.2, -0.15) is 0 Å². The smallest absolute Gasteiger partial charge is 0.407 e. The topological polar surface area (TPSA) is 175 Å². The Balaban J connectivity index is 1.14. The molecule has 2 fully saturated rings. The van der Waals surface area contributed by atoms with Gasteiger partial charge in [0.15, 0.2) is 0 Å². The second kappa shape index (κ2) is 16.9. The van der Waals surface area contributed by atoms with Crippen molar-refractivity contribution in [2.75, 3.05) is 27.3 Å². The van der Waals surface area contributed by atoms with Crippen molar-refractivity contribution in [3.05, 3.63) is 83.8 Å². The van der Waals surface area contributed by atoms with Gasteiger partial charge in [-0.1, -0.05) is 31.8 Å². The highest BCUT2D eigenvalue weighted by Crippen LogP contribution is 2.34. The third-order valence-corrected chi connectivity index (χ3v) is 9.98. The van der Waals surface area contributed by atoms with Crippen LogP contribution in [0.5, 0.6) is 0 Å². The molecule has 0 bridgehead atoms. The molecule has 2 aliphatic heterocycles. The molecule has 4 N–H and O–H groups in total. The van der Waals surface area contributed by atoms with Gasteiger partial charge in [0.2, 0.25) is 11.8 Å². The molecular formula is C40H45FN8O6. The number of aromatic nitrogens is 4. The molecule has 2 aromatic carbocycles. The van der Waals surface area contributed by atoms with Crippen LogP contribution in [0, 0.1) is 23.6 Å². The minimum Gasteiger partial charge on any atom is -0.453 e. The molecule has 2 aromatic heterocycles. The number of rotatable bonds is 10. The number of aromatic amines is 2. The quantitative estimate of drug-likeness (QED) is 0.121. The molecule has 0 radical (unpaired) electrons. The molecule has 15 heteroatoms. The maximum absolute atomic E-state index is 15.5. The summed E-state index contributed by atoms with van der Waals surface area (Å²) in [7, 11) is 2.50. The van der Waals surface area contributed by atoms with E-state index in [4.69, 9.17) is 9.72 Å². The number of alkyl carbamates (subject to hydrolysis) is 2. The number of hydrogen-bond acceptors (Lipinski definition) is 8. The average molecular weight is 753 g/mol. The number of carbonyl (C=O) groups is 4. The van der Waals surface area contributed by atoms with Gasteiger partial charge >= 0.3 is 12.2 Å². The van der Waals surface area contributed by atoms with E-state index in [1.54, 1.807) is 34.2 Å². The summed E-state index contributed by atoms with van der Waals surface area (Å²) >= 11 is 0. The Morgan fingerprint density at radius 2 is 1.56 bits per heavy atom. The van der Waals surface area contributed by atoms with Gasteiger partial charge < -0.3 is 39.9 Å². The van der Waals surface area contributed by atoms with Crippen LogP contribution in [0.3, 0.4) is 0 Å². The standard InChI is InChI=1S/C40H45FN8O6/c1-6-9-29(46-39(52)54-4)37(50)48-18-7-10-32(48)35-42-22-31(45-35)26-16-14-24(20-27(26)41)12-13-25-15-17-28-30(21-25)44-36(43-28)33-11-8-19-49(33)38(51)34(23(2)3)47-40(53)55-5/h6,14-17,20-23,29,32-34H,1,7-11,18-19H2,2-5H3,(H,42,45)(H,43,44)(H,46,52)(H,47,53). The van der Waals surface area contributed by atoms with Crippen LogP contribution in [0.1, 0.15) is 80.8 Å². The largest absolute Gasteiger partial charge is 0.453 e. The van der Waals surface area contributed by atoms with Gasteiger partial charge in [0.05, 0.1) is 49.2 Å². The Hall–Kier alpha value is -6.17. The summed E-state index contributed by atoms with van der Waals surface area (Å²) in [5.41, 5.74) is 3.42. The van der Waals surface area contributed by atoms with Crippen LogP contribution in [0.4, 0.5) is 14.0 Å². The number of likely N-dealkylation sites (tertiary alicyclic amines) is 2. The summed E-state index contributed by atoms with van der Waals surface area (Å²) in [6.07, 6.45) is 4.93. The van der Waals surface area contributed by atoms with Crippen LogP contribution in [-0.2, 0) is 19.1 Å². The lowest BCUT2D eigenvalue weighted by Crippen LogP contribution is -2.51. The monoisotopic (exact) mass is 752 g/mol. The van der Waals surface area contributed by atoms with E-state index in [-0.39, 0.29) is 36.2 Å². The van der Waals surface area contributed by atoms with E-state index in [9.17, 15) is 19.2 Å². The molecular weight excluding hydrogens is 707 g/mol. The van der Waals surface area contributed by atoms with Crippen LogP contribution in [0.2, 0.25) is 0 Å². The van der Waals surface area contributed by atoms with Crippen LogP contribution in [0.15, 0.2) is 55.3 Å². The fraction of sp³-hybridized carbons (Fsp3) is 0.400. The summed E-state index contributed by atoms with van der Waals surface area (Å²) in [5.74, 6) is 6.25. The Labute approximate surface area is 318 Å². The molecule has 0 saturated carbocycles. The number of amides is 4. The number of hydrogen-bond donors (Lipinski definition) is 4. The predicted molar refractivity (Wildman–Crippen MR) is 202 cm³/mol. The van der Waals surface area contributed by atoms with E-state index in [2.05, 4.69) is 48.7 Å². The van der Waals surface area contributed by atoms with E-state index >= 15 is 4.39 Å². The number of benzene rings is 2. The van der Waals surface area contributed by atoms with Gasteiger partial charge in [-0.3, -0.25) is 9.59 Å². The highest BCUT2D eigenvalue weighted by Gasteiger charge is 2.38. The number of H-pyrrole nitrogens is 2. The molecule has 4 heterocycles. The van der Waals surface area contributed by atoms with Gasteiger partial charge in [0.25, 0.3) is 0 Å². The third-order valence-electron chi connectivity index (χ3n) is 9.98. The van der Waals surface area contributed by atoms with Crippen molar-refractivity contribution < 1.29 is 33.0 Å². The number of fused-ring (bicyclic) bond motifs is 1. The fourth-order valence-electron chi connectivity index (χ4n) is 7.16. The third kappa shape index (κ3) is 8.48. The van der Waals surface area contributed by atoms with Crippen molar-refractivity contribution in [3.8, 4) is 23.1 Å². The van der Waals surface area contributed by atoms with Crippen molar-refractivity contribution in [2.45, 2.75) is 70.1 Å². The number of nitrogens with zero attached hydrogens (tertiary/aromatic N) is 4. The summed E-state index contributed by atoms with van der Waals surface area (Å²) in [4.78, 5) is 70.0. The highest BCUT2D eigenvalue weighted by molar-refractivity contribution is 5.87. The molecule has 14 nitrogen and oxygen atoms in total. The first-order valence-electron chi connectivity index (χ1n) is 18.3. The molecule has 6 rings (SSSR count). The Kier molecular flexibility index (Phi) is 11.8. The molecule has 4 atom stereocenters. The highest BCUT2D eigenvalue weighted by atomic mass is 19.1. The predicted octanol–water partition coefficient (Wildman–Crippen LogP) is 5.50. The minimum absolute atomic E-state index is 0.139. The van der Waals surface area contributed by atoms with E-state index < -0.39 is 30.1 Å². The first kappa shape index (κ1) is 38.6. The molecule has 2 saturated heterocycles. The Morgan fingerprint density at radius 1 is 0.927 bits per heavy atom. The Bertz CT molecular complexity index is 2150. The minimum atomic E-state index is -0.827. The number of carbonyl (C=O) groups excluding carboxylic acids is 4. The summed E-state index contributed by atoms with van der Waals surface area (Å²) < 4.78 is 24.9. The van der Waals surface area contributed by atoms with Crippen LogP contribution in [0.25, 0.3) is 22.3 Å². The van der Waals surface area contributed by atoms with E-state index in [0.717, 1.165) is 30.3 Å². The van der Waals surface area contributed by atoms with Crippen molar-refractivity contribution in [2.24, 2.45) is 5.92 Å². The molecule has 55 heavy (non-hydrogen) atoms. The maximum Gasteiger partial charge on any atom is 0.407 e. The normalized spacial score (nSPS) is 17.7. The fourth-order valence-corrected chi connectivity index (χ4v) is 7.16. The van der Waals surface area contributed by atoms with Gasteiger partial charge in [-0.05, 0) is 74.4 Å². The second-order valence-electron chi connectivity index (χ2n) is 13.9. The zero-order chi connectivity index (χ0) is 39.2. The first-order valence-corrected chi connectivity index (χ1v) is 18.3. The molecule has 2 aliphatic rings. The number of nitrogens with one attached hydrogen (secondary N) is 4. The summed E-state index contributed by atoms with van der Waals surface area (Å²) in [6.45, 7) is 8.48. The zero-order valence-electron chi connectivity index (χ0n) is 31.3. The molecule has 4 aromatic rings. The summed E-state index contributed by atoms with van der Waals surface area (Å²) in [6, 6.07) is 8.10. The lowest BCUT2D eigenvalue weighted by atomic mass is 10.0.